The molecule has 0 radical (unpaired) electrons. The molecule has 28 heavy (non-hydrogen) atoms. The molecule has 0 saturated heterocycles. The maximum atomic E-state index is 10.0. The van der Waals surface area contributed by atoms with Gasteiger partial charge >= 0.3 is 0 Å². The average Bonchev–Trinajstić information content (AvgIpc) is 2.92. The minimum absolute atomic E-state index is 0.337. The smallest absolute Gasteiger partial charge is 0.119 e. The fourth-order valence-corrected chi connectivity index (χ4v) is 4.13. The number of halogens is 1. The lowest BCUT2D eigenvalue weighted by Crippen LogP contribution is -1.99. The molecule has 3 aromatic carbocycles. The van der Waals surface area contributed by atoms with E-state index >= 15 is 0 Å². The number of alkyl halides is 1. The van der Waals surface area contributed by atoms with Crippen molar-refractivity contribution < 1.29 is 9.84 Å². The van der Waals surface area contributed by atoms with E-state index in [1.165, 1.54) is 33.4 Å². The molecule has 0 spiro atoms. The Morgan fingerprint density at radius 1 is 0.857 bits per heavy atom. The highest BCUT2D eigenvalue weighted by atomic mass is 127. The Morgan fingerprint density at radius 2 is 1.64 bits per heavy atom. The Morgan fingerprint density at radius 3 is 2.39 bits per heavy atom. The summed E-state index contributed by atoms with van der Waals surface area (Å²) in [7, 11) is 0. The number of rotatable bonds is 5. The van der Waals surface area contributed by atoms with Crippen molar-refractivity contribution in [3.63, 3.8) is 0 Å². The van der Waals surface area contributed by atoms with Gasteiger partial charge in [-0.05, 0) is 76.9 Å². The van der Waals surface area contributed by atoms with Crippen molar-refractivity contribution >= 4 is 33.7 Å². The topological polar surface area (TPSA) is 29.5 Å². The van der Waals surface area contributed by atoms with Gasteiger partial charge < -0.3 is 9.84 Å². The first-order valence-corrected chi connectivity index (χ1v) is 11.2. The Hall–Kier alpha value is -2.27. The number of aryl methyl sites for hydroxylation is 1. The summed E-state index contributed by atoms with van der Waals surface area (Å²) in [6.07, 6.45) is 3.06. The molecule has 0 unspecified atom stereocenters. The number of phenolic OH excluding ortho intramolecular Hbond substituents is 1. The highest BCUT2D eigenvalue weighted by Gasteiger charge is 2.20. The van der Waals surface area contributed by atoms with Crippen LogP contribution in [0.4, 0.5) is 0 Å². The summed E-state index contributed by atoms with van der Waals surface area (Å²) in [5.41, 5.74) is 7.52. The van der Waals surface area contributed by atoms with Gasteiger partial charge in [-0.1, -0.05) is 71.1 Å². The summed E-state index contributed by atoms with van der Waals surface area (Å²) < 4.78 is 6.73. The van der Waals surface area contributed by atoms with Crippen molar-refractivity contribution in [1.29, 1.82) is 0 Å². The number of hydrogen-bond acceptors (Lipinski definition) is 2. The molecule has 1 aliphatic rings. The second kappa shape index (κ2) is 8.82. The van der Waals surface area contributed by atoms with Crippen molar-refractivity contribution in [2.45, 2.75) is 19.3 Å². The molecule has 2 nitrogen and oxygen atoms in total. The van der Waals surface area contributed by atoms with Gasteiger partial charge in [-0.2, -0.15) is 0 Å². The minimum Gasteiger partial charge on any atom is -0.508 e. The predicted molar refractivity (Wildman–Crippen MR) is 124 cm³/mol. The Bertz CT molecular complexity index is 975. The van der Waals surface area contributed by atoms with E-state index in [9.17, 15) is 5.11 Å². The third kappa shape index (κ3) is 4.09. The van der Waals surface area contributed by atoms with Crippen molar-refractivity contribution in [2.75, 3.05) is 11.0 Å². The number of aromatic hydroxyl groups is 1. The van der Waals surface area contributed by atoms with Crippen LogP contribution in [0.15, 0.2) is 72.8 Å². The third-order valence-electron chi connectivity index (χ3n) is 5.14. The van der Waals surface area contributed by atoms with Gasteiger partial charge in [0, 0.05) is 4.43 Å². The maximum Gasteiger partial charge on any atom is 0.119 e. The normalized spacial score (nSPS) is 13.8. The first-order valence-electron chi connectivity index (χ1n) is 9.66. The van der Waals surface area contributed by atoms with Crippen molar-refractivity contribution in [3.05, 3.63) is 95.1 Å². The lowest BCUT2D eigenvalue weighted by Gasteiger charge is -2.17. The molecule has 0 atom stereocenters. The highest BCUT2D eigenvalue weighted by molar-refractivity contribution is 14.1. The van der Waals surface area contributed by atoms with E-state index in [0.29, 0.717) is 5.75 Å². The number of benzene rings is 3. The monoisotopic (exact) mass is 482 g/mol. The van der Waals surface area contributed by atoms with Crippen LogP contribution in [0.1, 0.15) is 35.1 Å². The van der Waals surface area contributed by atoms with Gasteiger partial charge in [0.1, 0.15) is 11.5 Å². The van der Waals surface area contributed by atoms with Gasteiger partial charge in [-0.3, -0.25) is 0 Å². The predicted octanol–water partition coefficient (Wildman–Crippen LogP) is 6.50. The largest absolute Gasteiger partial charge is 0.508 e. The van der Waals surface area contributed by atoms with Crippen LogP contribution in [-0.4, -0.2) is 16.1 Å². The number of ether oxygens (including phenoxy) is 1. The molecule has 0 aromatic heterocycles. The molecule has 0 saturated carbocycles. The molecule has 0 amide bonds. The van der Waals surface area contributed by atoms with Crippen LogP contribution in [-0.2, 0) is 6.42 Å². The molecular weight excluding hydrogens is 459 g/mol. The second-order valence-electron chi connectivity index (χ2n) is 6.98. The molecular formula is C25H23IO2. The van der Waals surface area contributed by atoms with Crippen molar-refractivity contribution in [2.24, 2.45) is 0 Å². The first kappa shape index (κ1) is 19.1. The third-order valence-corrected chi connectivity index (χ3v) is 5.58. The zero-order valence-electron chi connectivity index (χ0n) is 15.7. The molecule has 1 aliphatic carbocycles. The molecule has 0 bridgehead atoms. The van der Waals surface area contributed by atoms with Crippen LogP contribution in [0.2, 0.25) is 0 Å². The quantitative estimate of drug-likeness (QED) is 0.332. The van der Waals surface area contributed by atoms with Crippen LogP contribution in [0.25, 0.3) is 11.1 Å². The summed E-state index contributed by atoms with van der Waals surface area (Å²) in [5, 5.41) is 10.0. The second-order valence-corrected chi connectivity index (χ2v) is 8.06. The number of hydrogen-bond donors (Lipinski definition) is 1. The lowest BCUT2D eigenvalue weighted by molar-refractivity contribution is 0.346. The van der Waals surface area contributed by atoms with Crippen LogP contribution in [0, 0.1) is 0 Å². The molecule has 1 N–H and O–H groups in total. The van der Waals surface area contributed by atoms with E-state index in [2.05, 4.69) is 83.3 Å². The fraction of sp³-hybridized carbons (Fsp3) is 0.200. The number of allylic oxidation sites excluding steroid dienone is 1. The SMILES string of the molecule is Oc1ccc2c(c1)CCCC(c1ccccc1)=C2c1ccc(OCCI)cc1. The van der Waals surface area contributed by atoms with E-state index in [1.54, 1.807) is 6.07 Å². The zero-order chi connectivity index (χ0) is 19.3. The highest BCUT2D eigenvalue weighted by Crippen LogP contribution is 2.40. The van der Waals surface area contributed by atoms with Gasteiger partial charge in [0.05, 0.1) is 6.61 Å². The number of phenols is 1. The zero-order valence-corrected chi connectivity index (χ0v) is 17.9. The Labute approximate surface area is 180 Å². The fourth-order valence-electron chi connectivity index (χ4n) is 3.91. The molecule has 3 heteroatoms. The standard InChI is InChI=1S/C25H23IO2/c26-15-16-28-22-12-9-19(10-13-22)25-23(18-5-2-1-3-6-18)8-4-7-20-17-21(27)11-14-24(20)25/h1-3,5-6,9-14,17,27H,4,7-8,15-16H2. The molecule has 3 aromatic rings. The summed E-state index contributed by atoms with van der Waals surface area (Å²) in [4.78, 5) is 0. The van der Waals surface area contributed by atoms with E-state index in [1.807, 2.05) is 6.07 Å². The van der Waals surface area contributed by atoms with Gasteiger partial charge in [0.2, 0.25) is 0 Å². The van der Waals surface area contributed by atoms with Gasteiger partial charge in [0.25, 0.3) is 0 Å². The molecule has 0 heterocycles. The van der Waals surface area contributed by atoms with Crippen molar-refractivity contribution in [1.82, 2.24) is 0 Å². The summed E-state index contributed by atoms with van der Waals surface area (Å²) in [6.45, 7) is 0.722. The van der Waals surface area contributed by atoms with E-state index < -0.39 is 0 Å². The van der Waals surface area contributed by atoms with Gasteiger partial charge in [0.15, 0.2) is 0 Å². The van der Waals surface area contributed by atoms with Crippen LogP contribution >= 0.6 is 22.6 Å². The molecule has 4 rings (SSSR count). The van der Waals surface area contributed by atoms with E-state index in [0.717, 1.165) is 36.0 Å². The van der Waals surface area contributed by atoms with Crippen molar-refractivity contribution in [3.8, 4) is 11.5 Å². The van der Waals surface area contributed by atoms with Gasteiger partial charge in [-0.25, -0.2) is 0 Å². The summed E-state index contributed by atoms with van der Waals surface area (Å²) >= 11 is 2.32. The number of fused-ring (bicyclic) bond motifs is 1. The molecule has 0 aliphatic heterocycles. The average molecular weight is 482 g/mol. The van der Waals surface area contributed by atoms with Gasteiger partial charge in [-0.15, -0.1) is 0 Å². The molecule has 0 fully saturated rings. The molecule has 142 valence electrons. The van der Waals surface area contributed by atoms with Crippen LogP contribution in [0.5, 0.6) is 11.5 Å². The lowest BCUT2D eigenvalue weighted by atomic mass is 9.88. The summed E-state index contributed by atoms with van der Waals surface area (Å²) in [6, 6.07) is 24.9. The maximum absolute atomic E-state index is 10.0. The first-order chi connectivity index (χ1) is 13.8. The Balaban J connectivity index is 1.87. The Kier molecular flexibility index (Phi) is 6.01. The van der Waals surface area contributed by atoms with Crippen LogP contribution < -0.4 is 4.74 Å². The summed E-state index contributed by atoms with van der Waals surface area (Å²) in [5.74, 6) is 1.24. The van der Waals surface area contributed by atoms with Crippen LogP contribution in [0.3, 0.4) is 0 Å². The minimum atomic E-state index is 0.337. The van der Waals surface area contributed by atoms with E-state index in [4.69, 9.17) is 4.74 Å². The van der Waals surface area contributed by atoms with E-state index in [-0.39, 0.29) is 0 Å².